The van der Waals surface area contributed by atoms with Gasteiger partial charge in [0.15, 0.2) is 0 Å². The molecule has 2 bridgehead atoms. The van der Waals surface area contributed by atoms with Crippen LogP contribution in [0.5, 0.6) is 0 Å². The number of carbonyl (C=O) groups excluding carboxylic acids is 1. The second-order valence-electron chi connectivity index (χ2n) is 9.18. The van der Waals surface area contributed by atoms with Gasteiger partial charge in [0.1, 0.15) is 5.60 Å². The first-order valence-electron chi connectivity index (χ1n) is 9.38. The van der Waals surface area contributed by atoms with Crippen LogP contribution >= 0.6 is 0 Å². The van der Waals surface area contributed by atoms with E-state index in [9.17, 15) is 14.7 Å². The zero-order valence-electron chi connectivity index (χ0n) is 14.8. The van der Waals surface area contributed by atoms with Gasteiger partial charge in [0, 0.05) is 11.5 Å². The molecule has 1 saturated heterocycles. The summed E-state index contributed by atoms with van der Waals surface area (Å²) in [5.74, 6) is -0.146. The fourth-order valence-electron chi connectivity index (χ4n) is 7.00. The highest BCUT2D eigenvalue weighted by Crippen LogP contribution is 2.67. The first-order valence-corrected chi connectivity index (χ1v) is 9.38. The van der Waals surface area contributed by atoms with Crippen molar-refractivity contribution in [1.29, 1.82) is 0 Å². The zero-order chi connectivity index (χ0) is 17.3. The van der Waals surface area contributed by atoms with Crippen LogP contribution in [0.4, 0.5) is 0 Å². The number of carboxylic acids is 1. The van der Waals surface area contributed by atoms with E-state index in [0.717, 1.165) is 51.4 Å². The third-order valence-electron chi connectivity index (χ3n) is 8.20. The maximum Gasteiger partial charge on any atom is 0.334 e. The summed E-state index contributed by atoms with van der Waals surface area (Å²) in [5, 5.41) is 9.90. The average Bonchev–Trinajstić information content (AvgIpc) is 2.52. The molecule has 4 nitrogen and oxygen atoms in total. The van der Waals surface area contributed by atoms with Gasteiger partial charge in [-0.25, -0.2) is 4.79 Å². The Labute approximate surface area is 143 Å². The minimum absolute atomic E-state index is 0.0481. The first-order chi connectivity index (χ1) is 11.2. The lowest BCUT2D eigenvalue weighted by Gasteiger charge is -2.65. The summed E-state index contributed by atoms with van der Waals surface area (Å²) >= 11 is 0. The third-order valence-corrected chi connectivity index (χ3v) is 8.20. The molecule has 4 rings (SSSR count). The van der Waals surface area contributed by atoms with Gasteiger partial charge in [-0.2, -0.15) is 0 Å². The Morgan fingerprint density at radius 2 is 1.92 bits per heavy atom. The molecule has 4 aliphatic rings. The fraction of sp³-hybridized carbons (Fsp3) is 0.800. The molecule has 4 fully saturated rings. The van der Waals surface area contributed by atoms with Gasteiger partial charge in [0.2, 0.25) is 0 Å². The lowest BCUT2D eigenvalue weighted by atomic mass is 9.42. The van der Waals surface area contributed by atoms with Crippen molar-refractivity contribution in [1.82, 2.24) is 0 Å². The molecule has 1 aliphatic heterocycles. The summed E-state index contributed by atoms with van der Waals surface area (Å²) in [6, 6.07) is 0. The zero-order valence-corrected chi connectivity index (χ0v) is 14.8. The van der Waals surface area contributed by atoms with Crippen molar-refractivity contribution in [2.75, 3.05) is 0 Å². The third kappa shape index (κ3) is 1.86. The van der Waals surface area contributed by atoms with Crippen LogP contribution in [-0.4, -0.2) is 22.6 Å². The second-order valence-corrected chi connectivity index (χ2v) is 9.18. The molecule has 3 saturated carbocycles. The van der Waals surface area contributed by atoms with Crippen molar-refractivity contribution < 1.29 is 19.4 Å². The maximum absolute atomic E-state index is 12.3. The van der Waals surface area contributed by atoms with Crippen LogP contribution in [0.15, 0.2) is 12.2 Å². The topological polar surface area (TPSA) is 63.6 Å². The standard InChI is InChI=1S/C20H28O4/c1-12-13-5-6-15-18(2)8-4-9-19(3,17(22)23)14(18)7-10-20(15,11-13)24-16(12)21/h13-15H,1,4-11H2,2-3H3,(H,22,23)/t13-,14+,15+,18-,19-,20?/m1/s1. The van der Waals surface area contributed by atoms with E-state index >= 15 is 0 Å². The van der Waals surface area contributed by atoms with E-state index in [1.807, 2.05) is 6.92 Å². The largest absolute Gasteiger partial charge is 0.481 e. The van der Waals surface area contributed by atoms with Crippen LogP contribution in [0.1, 0.15) is 65.2 Å². The van der Waals surface area contributed by atoms with Crippen molar-refractivity contribution in [3.63, 3.8) is 0 Å². The first kappa shape index (κ1) is 16.2. The van der Waals surface area contributed by atoms with E-state index in [1.165, 1.54) is 0 Å². The highest BCUT2D eigenvalue weighted by molar-refractivity contribution is 5.89. The van der Waals surface area contributed by atoms with E-state index < -0.39 is 11.4 Å². The second kappa shape index (κ2) is 4.86. The molecule has 1 heterocycles. The van der Waals surface area contributed by atoms with Gasteiger partial charge >= 0.3 is 11.9 Å². The molecule has 4 heteroatoms. The molecular formula is C20H28O4. The Kier molecular flexibility index (Phi) is 3.27. The number of aliphatic carboxylic acids is 1. The molecule has 0 aromatic carbocycles. The summed E-state index contributed by atoms with van der Waals surface area (Å²) in [5.41, 5.74) is -0.421. The van der Waals surface area contributed by atoms with Crippen molar-refractivity contribution in [2.24, 2.45) is 28.6 Å². The molecule has 0 amide bonds. The quantitative estimate of drug-likeness (QED) is 0.583. The average molecular weight is 332 g/mol. The Hall–Kier alpha value is -1.32. The highest BCUT2D eigenvalue weighted by Gasteiger charge is 2.66. The maximum atomic E-state index is 12.3. The van der Waals surface area contributed by atoms with Crippen molar-refractivity contribution >= 4 is 11.9 Å². The normalized spacial score (nSPS) is 50.5. The smallest absolute Gasteiger partial charge is 0.334 e. The molecule has 0 radical (unpaired) electrons. The monoisotopic (exact) mass is 332 g/mol. The van der Waals surface area contributed by atoms with Crippen LogP contribution < -0.4 is 0 Å². The Morgan fingerprint density at radius 1 is 1.17 bits per heavy atom. The van der Waals surface area contributed by atoms with Gasteiger partial charge in [-0.15, -0.1) is 0 Å². The lowest BCUT2D eigenvalue weighted by Crippen LogP contribution is -2.64. The molecule has 1 unspecified atom stereocenters. The summed E-state index contributed by atoms with van der Waals surface area (Å²) < 4.78 is 6.02. The Balaban J connectivity index is 1.74. The van der Waals surface area contributed by atoms with E-state index in [0.29, 0.717) is 5.57 Å². The number of esters is 1. The highest BCUT2D eigenvalue weighted by atomic mass is 16.6. The molecule has 0 aromatic rings. The predicted molar refractivity (Wildman–Crippen MR) is 89.2 cm³/mol. The van der Waals surface area contributed by atoms with Gasteiger partial charge < -0.3 is 9.84 Å². The number of hydrogen-bond donors (Lipinski definition) is 1. The number of ether oxygens (including phenoxy) is 1. The van der Waals surface area contributed by atoms with Crippen LogP contribution in [0, 0.1) is 28.6 Å². The molecule has 1 spiro atoms. The van der Waals surface area contributed by atoms with Gasteiger partial charge in [-0.05, 0) is 69.1 Å². The van der Waals surface area contributed by atoms with Crippen molar-refractivity contribution in [3.05, 3.63) is 12.2 Å². The van der Waals surface area contributed by atoms with Gasteiger partial charge in [0.25, 0.3) is 0 Å². The molecule has 0 aromatic heterocycles. The molecule has 1 N–H and O–H groups in total. The Bertz CT molecular complexity index is 625. The molecule has 24 heavy (non-hydrogen) atoms. The lowest BCUT2D eigenvalue weighted by molar-refractivity contribution is -0.229. The van der Waals surface area contributed by atoms with E-state index in [-0.39, 0.29) is 34.7 Å². The Morgan fingerprint density at radius 3 is 2.62 bits per heavy atom. The SMILES string of the molecule is C=C1C(=O)OC23CC[C@H]4[C@@](C)(CCC[C@@]4(C)C(=O)O)[C@@H]2CC[C@@H]1C3. The molecule has 3 aliphatic carbocycles. The molecule has 132 valence electrons. The number of rotatable bonds is 1. The summed E-state index contributed by atoms with van der Waals surface area (Å²) in [6.07, 6.45) is 7.35. The van der Waals surface area contributed by atoms with Gasteiger partial charge in [0.05, 0.1) is 5.41 Å². The minimum atomic E-state index is -0.655. The molecular weight excluding hydrogens is 304 g/mol. The predicted octanol–water partition coefficient (Wildman–Crippen LogP) is 3.95. The van der Waals surface area contributed by atoms with Crippen molar-refractivity contribution in [2.45, 2.75) is 70.8 Å². The summed E-state index contributed by atoms with van der Waals surface area (Å²) in [6.45, 7) is 8.16. The van der Waals surface area contributed by atoms with Crippen LogP contribution in [0.2, 0.25) is 0 Å². The number of carbonyl (C=O) groups is 2. The van der Waals surface area contributed by atoms with E-state index in [2.05, 4.69) is 13.5 Å². The summed E-state index contributed by atoms with van der Waals surface area (Å²) in [4.78, 5) is 24.4. The van der Waals surface area contributed by atoms with Gasteiger partial charge in [-0.1, -0.05) is 19.9 Å². The number of carboxylic acid groups (broad SMARTS) is 1. The van der Waals surface area contributed by atoms with E-state index in [4.69, 9.17) is 4.74 Å². The van der Waals surface area contributed by atoms with E-state index in [1.54, 1.807) is 0 Å². The van der Waals surface area contributed by atoms with Crippen molar-refractivity contribution in [3.8, 4) is 0 Å². The van der Waals surface area contributed by atoms with Crippen LogP contribution in [0.25, 0.3) is 0 Å². The minimum Gasteiger partial charge on any atom is -0.481 e. The molecule has 6 atom stereocenters. The van der Waals surface area contributed by atoms with Gasteiger partial charge in [-0.3, -0.25) is 4.79 Å². The van der Waals surface area contributed by atoms with Crippen LogP contribution in [0.3, 0.4) is 0 Å². The fourth-order valence-corrected chi connectivity index (χ4v) is 7.00. The number of hydrogen-bond acceptors (Lipinski definition) is 3. The summed E-state index contributed by atoms with van der Waals surface area (Å²) in [7, 11) is 0. The van der Waals surface area contributed by atoms with Crippen LogP contribution in [-0.2, 0) is 14.3 Å². The number of fused-ring (bicyclic) bond motifs is 3.